The zero-order valence-corrected chi connectivity index (χ0v) is 16.4. The molecule has 5 nitrogen and oxygen atoms in total. The van der Waals surface area contributed by atoms with E-state index in [2.05, 4.69) is 20.9 Å². The fourth-order valence-electron chi connectivity index (χ4n) is 3.14. The topological polar surface area (TPSA) is 55.3 Å². The van der Waals surface area contributed by atoms with E-state index >= 15 is 0 Å². The van der Waals surface area contributed by atoms with Crippen LogP contribution in [-0.4, -0.2) is 34.4 Å². The molecule has 0 saturated carbocycles. The van der Waals surface area contributed by atoms with E-state index in [1.807, 2.05) is 59.6 Å². The maximum absolute atomic E-state index is 12.7. The molecular formula is C21H18BrN3O2. The van der Waals surface area contributed by atoms with Crippen LogP contribution in [0.15, 0.2) is 59.2 Å². The van der Waals surface area contributed by atoms with Crippen LogP contribution in [0, 0.1) is 0 Å². The molecule has 1 aliphatic heterocycles. The second-order valence-electron chi connectivity index (χ2n) is 6.38. The predicted molar refractivity (Wildman–Crippen MR) is 107 cm³/mol. The highest BCUT2D eigenvalue weighted by molar-refractivity contribution is 9.10. The third-order valence-corrected chi connectivity index (χ3v) is 5.19. The number of nitrogens with zero attached hydrogens (tertiary/aromatic N) is 3. The molecule has 4 rings (SSSR count). The average molecular weight is 424 g/mol. The molecule has 2 aromatic carbocycles. The Morgan fingerprint density at radius 1 is 1.11 bits per heavy atom. The molecule has 27 heavy (non-hydrogen) atoms. The highest BCUT2D eigenvalue weighted by Crippen LogP contribution is 2.24. The number of amides is 1. The number of methoxy groups -OCH3 is 1. The summed E-state index contributed by atoms with van der Waals surface area (Å²) in [6.07, 6.45) is 2.56. The number of halogens is 1. The van der Waals surface area contributed by atoms with Crippen molar-refractivity contribution in [2.45, 2.75) is 13.0 Å². The van der Waals surface area contributed by atoms with Crippen molar-refractivity contribution in [1.29, 1.82) is 0 Å². The van der Waals surface area contributed by atoms with E-state index in [0.717, 1.165) is 33.5 Å². The van der Waals surface area contributed by atoms with Crippen molar-refractivity contribution in [2.75, 3.05) is 13.7 Å². The first-order valence-electron chi connectivity index (χ1n) is 8.68. The number of carbonyl (C=O) groups excluding carboxylic acids is 1. The van der Waals surface area contributed by atoms with Gasteiger partial charge in [0.15, 0.2) is 5.82 Å². The third kappa shape index (κ3) is 3.71. The molecule has 3 aromatic rings. The third-order valence-electron chi connectivity index (χ3n) is 4.66. The summed E-state index contributed by atoms with van der Waals surface area (Å²) < 4.78 is 6.15. The zero-order valence-electron chi connectivity index (χ0n) is 14.9. The molecular weight excluding hydrogens is 406 g/mol. The molecule has 0 fully saturated rings. The van der Waals surface area contributed by atoms with Gasteiger partial charge in [-0.15, -0.1) is 0 Å². The molecule has 1 aliphatic rings. The summed E-state index contributed by atoms with van der Waals surface area (Å²) in [5, 5.41) is 0. The van der Waals surface area contributed by atoms with Gasteiger partial charge < -0.3 is 9.64 Å². The van der Waals surface area contributed by atoms with Gasteiger partial charge in [-0.2, -0.15) is 0 Å². The van der Waals surface area contributed by atoms with Crippen LogP contribution < -0.4 is 4.74 Å². The molecule has 0 aliphatic carbocycles. The summed E-state index contributed by atoms with van der Waals surface area (Å²) in [7, 11) is 1.64. The Bertz CT molecular complexity index is 972. The number of aromatic nitrogens is 2. The molecule has 1 amide bonds. The van der Waals surface area contributed by atoms with E-state index in [4.69, 9.17) is 9.72 Å². The van der Waals surface area contributed by atoms with Crippen molar-refractivity contribution in [2.24, 2.45) is 0 Å². The molecule has 136 valence electrons. The molecule has 0 N–H and O–H groups in total. The Hall–Kier alpha value is -2.73. The van der Waals surface area contributed by atoms with Crippen molar-refractivity contribution in [3.05, 3.63) is 76.0 Å². The van der Waals surface area contributed by atoms with Crippen molar-refractivity contribution in [3.63, 3.8) is 0 Å². The highest BCUT2D eigenvalue weighted by atomic mass is 79.9. The summed E-state index contributed by atoms with van der Waals surface area (Å²) >= 11 is 3.40. The SMILES string of the molecule is COc1ccc(-c2ncc3c(n2)CCN(C(=O)c2ccc(Br)cc2)C3)cc1. The Balaban J connectivity index is 1.53. The quantitative estimate of drug-likeness (QED) is 0.635. The number of fused-ring (bicyclic) bond motifs is 1. The van der Waals surface area contributed by atoms with Crippen LogP contribution in [0.5, 0.6) is 5.75 Å². The van der Waals surface area contributed by atoms with E-state index in [-0.39, 0.29) is 5.91 Å². The Morgan fingerprint density at radius 2 is 1.85 bits per heavy atom. The van der Waals surface area contributed by atoms with E-state index in [1.54, 1.807) is 7.11 Å². The van der Waals surface area contributed by atoms with Gasteiger partial charge >= 0.3 is 0 Å². The van der Waals surface area contributed by atoms with Crippen molar-refractivity contribution in [1.82, 2.24) is 14.9 Å². The molecule has 0 unspecified atom stereocenters. The van der Waals surface area contributed by atoms with Gasteiger partial charge in [-0.25, -0.2) is 9.97 Å². The standard InChI is InChI=1S/C21H18BrN3O2/c1-27-18-8-4-14(5-9-18)20-23-12-16-13-25(11-10-19(16)24-20)21(26)15-2-6-17(22)7-3-15/h2-9,12H,10-11,13H2,1H3. The molecule has 6 heteroatoms. The van der Waals surface area contributed by atoms with E-state index in [9.17, 15) is 4.79 Å². The van der Waals surface area contributed by atoms with Gasteiger partial charge in [-0.05, 0) is 48.5 Å². The summed E-state index contributed by atoms with van der Waals surface area (Å²) in [6.45, 7) is 1.19. The van der Waals surface area contributed by atoms with Crippen LogP contribution >= 0.6 is 15.9 Å². The van der Waals surface area contributed by atoms with E-state index in [1.165, 1.54) is 0 Å². The number of carbonyl (C=O) groups is 1. The van der Waals surface area contributed by atoms with Crippen molar-refractivity contribution < 1.29 is 9.53 Å². The largest absolute Gasteiger partial charge is 0.497 e. The van der Waals surface area contributed by atoms with Crippen LogP contribution in [0.1, 0.15) is 21.6 Å². The minimum absolute atomic E-state index is 0.0346. The summed E-state index contributed by atoms with van der Waals surface area (Å²) in [4.78, 5) is 23.8. The first kappa shape index (κ1) is 17.7. The molecule has 1 aromatic heterocycles. The number of rotatable bonds is 3. The fraction of sp³-hybridized carbons (Fsp3) is 0.190. The van der Waals surface area contributed by atoms with Gasteiger partial charge in [0.05, 0.1) is 12.8 Å². The first-order valence-corrected chi connectivity index (χ1v) is 9.47. The number of hydrogen-bond donors (Lipinski definition) is 0. The summed E-state index contributed by atoms with van der Waals surface area (Å²) in [6, 6.07) is 15.1. The lowest BCUT2D eigenvalue weighted by Gasteiger charge is -2.28. The minimum atomic E-state index is 0.0346. The molecule has 2 heterocycles. The monoisotopic (exact) mass is 423 g/mol. The lowest BCUT2D eigenvalue weighted by atomic mass is 10.1. The van der Waals surface area contributed by atoms with E-state index < -0.39 is 0 Å². The Kier molecular flexibility index (Phi) is 4.90. The maximum atomic E-state index is 12.7. The van der Waals surface area contributed by atoms with Gasteiger partial charge in [0.1, 0.15) is 5.75 Å². The van der Waals surface area contributed by atoms with E-state index in [0.29, 0.717) is 24.5 Å². The minimum Gasteiger partial charge on any atom is -0.497 e. The van der Waals surface area contributed by atoms with Crippen LogP contribution in [-0.2, 0) is 13.0 Å². The normalized spacial score (nSPS) is 13.2. The van der Waals surface area contributed by atoms with Gasteiger partial charge in [0, 0.05) is 46.9 Å². The molecule has 0 radical (unpaired) electrons. The fourth-order valence-corrected chi connectivity index (χ4v) is 3.41. The van der Waals surface area contributed by atoms with Crippen LogP contribution in [0.25, 0.3) is 11.4 Å². The predicted octanol–water partition coefficient (Wildman–Crippen LogP) is 4.11. The number of ether oxygens (including phenoxy) is 1. The second-order valence-corrected chi connectivity index (χ2v) is 7.29. The first-order chi connectivity index (χ1) is 13.1. The lowest BCUT2D eigenvalue weighted by Crippen LogP contribution is -2.36. The molecule has 0 atom stereocenters. The van der Waals surface area contributed by atoms with Gasteiger partial charge in [-0.1, -0.05) is 15.9 Å². The molecule has 0 bridgehead atoms. The van der Waals surface area contributed by atoms with Gasteiger partial charge in [-0.3, -0.25) is 4.79 Å². The smallest absolute Gasteiger partial charge is 0.254 e. The Morgan fingerprint density at radius 3 is 2.56 bits per heavy atom. The zero-order chi connectivity index (χ0) is 18.8. The molecule has 0 saturated heterocycles. The maximum Gasteiger partial charge on any atom is 0.254 e. The van der Waals surface area contributed by atoms with Crippen LogP contribution in [0.3, 0.4) is 0 Å². The van der Waals surface area contributed by atoms with Crippen LogP contribution in [0.2, 0.25) is 0 Å². The van der Waals surface area contributed by atoms with Crippen LogP contribution in [0.4, 0.5) is 0 Å². The van der Waals surface area contributed by atoms with Crippen molar-refractivity contribution in [3.8, 4) is 17.1 Å². The number of hydrogen-bond acceptors (Lipinski definition) is 4. The number of benzene rings is 2. The van der Waals surface area contributed by atoms with Gasteiger partial charge in [0.2, 0.25) is 0 Å². The lowest BCUT2D eigenvalue weighted by molar-refractivity contribution is 0.0733. The molecule has 0 spiro atoms. The van der Waals surface area contributed by atoms with Crippen molar-refractivity contribution >= 4 is 21.8 Å². The van der Waals surface area contributed by atoms with Gasteiger partial charge in [0.25, 0.3) is 5.91 Å². The Labute approximate surface area is 166 Å². The average Bonchev–Trinajstić information content (AvgIpc) is 2.73. The second kappa shape index (κ2) is 7.48. The summed E-state index contributed by atoms with van der Waals surface area (Å²) in [5.74, 6) is 1.54. The highest BCUT2D eigenvalue weighted by Gasteiger charge is 2.23. The summed E-state index contributed by atoms with van der Waals surface area (Å²) in [5.41, 5.74) is 3.66.